The highest BCUT2D eigenvalue weighted by molar-refractivity contribution is 7.89. The van der Waals surface area contributed by atoms with Gasteiger partial charge in [-0.15, -0.1) is 16.2 Å². The Balaban J connectivity index is 1.67. The molecule has 1 aliphatic rings. The van der Waals surface area contributed by atoms with Crippen LogP contribution in [0.3, 0.4) is 0 Å². The largest absolute Gasteiger partial charge is 0.276 e. The lowest BCUT2D eigenvalue weighted by Gasteiger charge is -2.16. The van der Waals surface area contributed by atoms with Crippen LogP contribution in [0.1, 0.15) is 58.8 Å². The van der Waals surface area contributed by atoms with Gasteiger partial charge in [0.2, 0.25) is 0 Å². The first-order valence-corrected chi connectivity index (χ1v) is 11.1. The number of hydrazine groups is 1. The topological polar surface area (TPSA) is 75.3 Å². The van der Waals surface area contributed by atoms with Gasteiger partial charge in [-0.2, -0.15) is 0 Å². The molecule has 1 heterocycles. The van der Waals surface area contributed by atoms with Gasteiger partial charge in [0.15, 0.2) is 0 Å². The summed E-state index contributed by atoms with van der Waals surface area (Å²) < 4.78 is 24.7. The molecule has 1 atom stereocenters. The highest BCUT2D eigenvalue weighted by Crippen LogP contribution is 2.32. The molecular weight excluding hydrogens is 368 g/mol. The third-order valence-electron chi connectivity index (χ3n) is 4.71. The number of hydrogen-bond donors (Lipinski definition) is 2. The lowest BCUT2D eigenvalue weighted by molar-refractivity contribution is 0.0949. The van der Waals surface area contributed by atoms with Gasteiger partial charge in [-0.3, -0.25) is 10.2 Å². The van der Waals surface area contributed by atoms with E-state index < -0.39 is 15.9 Å². The maximum atomic E-state index is 12.4. The smallest absolute Gasteiger partial charge is 0.273 e. The predicted molar refractivity (Wildman–Crippen MR) is 104 cm³/mol. The Morgan fingerprint density at radius 2 is 1.92 bits per heavy atom. The van der Waals surface area contributed by atoms with Crippen LogP contribution in [-0.4, -0.2) is 14.3 Å². The molecule has 26 heavy (non-hydrogen) atoms. The monoisotopic (exact) mass is 392 g/mol. The molecule has 0 spiro atoms. The van der Waals surface area contributed by atoms with Crippen LogP contribution in [0, 0.1) is 5.92 Å². The quantitative estimate of drug-likeness (QED) is 0.763. The van der Waals surface area contributed by atoms with Crippen LogP contribution in [-0.2, 0) is 22.9 Å². The first kappa shape index (κ1) is 19.1. The molecular formula is C19H24N2O3S2. The van der Waals surface area contributed by atoms with Gasteiger partial charge in [-0.05, 0) is 60.4 Å². The Hall–Kier alpha value is -1.70. The summed E-state index contributed by atoms with van der Waals surface area (Å²) in [6.07, 6.45) is 3.10. The lowest BCUT2D eigenvalue weighted by Crippen LogP contribution is -2.41. The summed E-state index contributed by atoms with van der Waals surface area (Å²) in [6, 6.07) is 8.56. The minimum Gasteiger partial charge on any atom is -0.273 e. The van der Waals surface area contributed by atoms with Crippen molar-refractivity contribution in [3.63, 3.8) is 0 Å². The van der Waals surface area contributed by atoms with Crippen LogP contribution in [0.5, 0.6) is 0 Å². The Morgan fingerprint density at radius 1 is 1.23 bits per heavy atom. The van der Waals surface area contributed by atoms with Gasteiger partial charge < -0.3 is 0 Å². The first-order valence-electron chi connectivity index (χ1n) is 8.80. The summed E-state index contributed by atoms with van der Waals surface area (Å²) in [4.78, 5) is 16.4. The molecule has 140 valence electrons. The second-order valence-corrected chi connectivity index (χ2v) is 10.0. The number of thiophene rings is 1. The van der Waals surface area contributed by atoms with E-state index in [4.69, 9.17) is 0 Å². The molecule has 7 heteroatoms. The zero-order chi connectivity index (χ0) is 18.9. The van der Waals surface area contributed by atoms with Crippen LogP contribution in [0.4, 0.5) is 0 Å². The van der Waals surface area contributed by atoms with Crippen molar-refractivity contribution in [1.29, 1.82) is 0 Å². The number of amides is 1. The van der Waals surface area contributed by atoms with Gasteiger partial charge in [0.05, 0.1) is 9.77 Å². The number of hydrogen-bond acceptors (Lipinski definition) is 4. The molecule has 0 aliphatic heterocycles. The van der Waals surface area contributed by atoms with E-state index in [-0.39, 0.29) is 4.90 Å². The lowest BCUT2D eigenvalue weighted by atomic mass is 9.90. The van der Waals surface area contributed by atoms with Crippen molar-refractivity contribution in [1.82, 2.24) is 10.3 Å². The van der Waals surface area contributed by atoms with E-state index in [2.05, 4.69) is 17.2 Å². The zero-order valence-electron chi connectivity index (χ0n) is 15.2. The van der Waals surface area contributed by atoms with Crippen molar-refractivity contribution in [2.75, 3.05) is 0 Å². The van der Waals surface area contributed by atoms with Crippen molar-refractivity contribution in [3.05, 3.63) is 51.2 Å². The second-order valence-electron chi connectivity index (χ2n) is 7.19. The van der Waals surface area contributed by atoms with Crippen molar-refractivity contribution in [2.45, 2.75) is 50.8 Å². The summed E-state index contributed by atoms with van der Waals surface area (Å²) >= 11 is 1.45. The van der Waals surface area contributed by atoms with Crippen LogP contribution < -0.4 is 10.3 Å². The van der Waals surface area contributed by atoms with Crippen LogP contribution >= 0.6 is 11.3 Å². The molecule has 0 fully saturated rings. The van der Waals surface area contributed by atoms with E-state index in [1.54, 1.807) is 24.3 Å². The number of carbonyl (C=O) groups is 1. The van der Waals surface area contributed by atoms with Crippen LogP contribution in [0.15, 0.2) is 35.2 Å². The molecule has 1 aromatic carbocycles. The number of carbonyl (C=O) groups excluding carboxylic acids is 1. The fourth-order valence-corrected chi connectivity index (χ4v) is 5.03. The number of nitrogens with one attached hydrogen (secondary N) is 2. The van der Waals surface area contributed by atoms with Gasteiger partial charge in [0.25, 0.3) is 15.9 Å². The molecule has 5 nitrogen and oxygen atoms in total. The third-order valence-corrected chi connectivity index (χ3v) is 7.21. The normalized spacial score (nSPS) is 17.2. The Morgan fingerprint density at radius 3 is 2.58 bits per heavy atom. The first-order chi connectivity index (χ1) is 12.3. The molecule has 0 saturated carbocycles. The van der Waals surface area contributed by atoms with E-state index in [0.717, 1.165) is 24.8 Å². The number of benzene rings is 1. The summed E-state index contributed by atoms with van der Waals surface area (Å²) in [6.45, 7) is 6.30. The standard InChI is InChI=1S/C19H24N2O3S2/c1-12(2)14-5-7-16(8-6-14)26(23,24)21-20-19(22)18-11-15-10-13(3)4-9-17(15)25-18/h5-8,11-13,21H,4,9-10H2,1-3H3,(H,20,22)/t13-/m1/s1. The highest BCUT2D eigenvalue weighted by Gasteiger charge is 2.22. The summed E-state index contributed by atoms with van der Waals surface area (Å²) in [5, 5.41) is 0. The van der Waals surface area contributed by atoms with Crippen LogP contribution in [0.25, 0.3) is 0 Å². The predicted octanol–water partition coefficient (Wildman–Crippen LogP) is 3.62. The summed E-state index contributed by atoms with van der Waals surface area (Å²) in [5.41, 5.74) is 4.60. The second kappa shape index (κ2) is 7.50. The molecule has 2 N–H and O–H groups in total. The third kappa shape index (κ3) is 4.16. The maximum Gasteiger partial charge on any atom is 0.276 e. The molecule has 1 aliphatic carbocycles. The average Bonchev–Trinajstić information content (AvgIpc) is 3.03. The van der Waals surface area contributed by atoms with Gasteiger partial charge in [0.1, 0.15) is 0 Å². The minimum absolute atomic E-state index is 0.126. The Bertz CT molecular complexity index is 899. The molecule has 0 radical (unpaired) electrons. The van der Waals surface area contributed by atoms with Gasteiger partial charge in [-0.25, -0.2) is 8.42 Å². The Labute approximate surface area is 158 Å². The zero-order valence-corrected chi connectivity index (χ0v) is 16.8. The van der Waals surface area contributed by atoms with E-state index in [1.807, 2.05) is 19.9 Å². The average molecular weight is 393 g/mol. The van der Waals surface area contributed by atoms with Gasteiger partial charge in [-0.1, -0.05) is 32.9 Å². The number of aryl methyl sites for hydroxylation is 1. The SMILES string of the molecule is CC(C)c1ccc(S(=O)(=O)NNC(=O)c2cc3c(s2)CC[C@@H](C)C3)cc1. The van der Waals surface area contributed by atoms with Crippen molar-refractivity contribution >= 4 is 27.3 Å². The van der Waals surface area contributed by atoms with E-state index >= 15 is 0 Å². The van der Waals surface area contributed by atoms with Gasteiger partial charge in [0, 0.05) is 4.88 Å². The summed E-state index contributed by atoms with van der Waals surface area (Å²) in [7, 11) is -3.79. The molecule has 1 aromatic heterocycles. The number of rotatable bonds is 5. The van der Waals surface area contributed by atoms with E-state index in [1.165, 1.54) is 21.8 Å². The minimum atomic E-state index is -3.79. The van der Waals surface area contributed by atoms with Crippen LogP contribution in [0.2, 0.25) is 0 Å². The van der Waals surface area contributed by atoms with Crippen molar-refractivity contribution in [3.8, 4) is 0 Å². The molecule has 1 amide bonds. The maximum absolute atomic E-state index is 12.4. The Kier molecular flexibility index (Phi) is 5.50. The summed E-state index contributed by atoms with van der Waals surface area (Å²) in [5.74, 6) is 0.534. The van der Waals surface area contributed by atoms with Crippen molar-refractivity contribution in [2.24, 2.45) is 5.92 Å². The fourth-order valence-electron chi connectivity index (χ4n) is 3.08. The van der Waals surface area contributed by atoms with E-state index in [9.17, 15) is 13.2 Å². The molecule has 0 unspecified atom stereocenters. The number of fused-ring (bicyclic) bond motifs is 1. The molecule has 0 saturated heterocycles. The van der Waals surface area contributed by atoms with Gasteiger partial charge >= 0.3 is 0 Å². The molecule has 3 rings (SSSR count). The fraction of sp³-hybridized carbons (Fsp3) is 0.421. The molecule has 2 aromatic rings. The number of sulfonamides is 1. The molecule has 0 bridgehead atoms. The van der Waals surface area contributed by atoms with E-state index in [0.29, 0.717) is 16.7 Å². The highest BCUT2D eigenvalue weighted by atomic mass is 32.2. The van der Waals surface area contributed by atoms with Crippen molar-refractivity contribution < 1.29 is 13.2 Å².